The topological polar surface area (TPSA) is 29.5 Å². The molecular weight excluding hydrogens is 260 g/mol. The van der Waals surface area contributed by atoms with Crippen LogP contribution in [0.25, 0.3) is 0 Å². The van der Waals surface area contributed by atoms with Crippen LogP contribution in [-0.2, 0) is 4.74 Å². The fourth-order valence-electron chi connectivity index (χ4n) is 2.37. The van der Waals surface area contributed by atoms with Gasteiger partial charge in [0.25, 0.3) is 0 Å². The van der Waals surface area contributed by atoms with Crippen molar-refractivity contribution < 1.29 is 9.84 Å². The van der Waals surface area contributed by atoms with E-state index in [-0.39, 0.29) is 0 Å². The van der Waals surface area contributed by atoms with Crippen LogP contribution in [0.4, 0.5) is 0 Å². The van der Waals surface area contributed by atoms with Gasteiger partial charge in [-0.05, 0) is 39.0 Å². The second kappa shape index (κ2) is 19.5. The third kappa shape index (κ3) is 19.5. The number of aliphatic hydroxyl groups is 1. The van der Waals surface area contributed by atoms with Gasteiger partial charge in [-0.2, -0.15) is 0 Å². The first-order valence-electron chi connectivity index (χ1n) is 9.00. The number of hydrogen-bond acceptors (Lipinski definition) is 2. The molecule has 0 radical (unpaired) electrons. The number of hydrogen-bond donors (Lipinski definition) is 1. The zero-order valence-electron chi connectivity index (χ0n) is 14.2. The molecule has 0 spiro atoms. The Bertz CT molecular complexity index is 224. The number of unbranched alkanes of at least 4 members (excludes halogenated alkanes) is 9. The average Bonchev–Trinajstić information content (AvgIpc) is 2.55. The van der Waals surface area contributed by atoms with E-state index < -0.39 is 0 Å². The van der Waals surface area contributed by atoms with E-state index in [0.717, 1.165) is 26.1 Å². The van der Waals surface area contributed by atoms with Crippen LogP contribution < -0.4 is 0 Å². The van der Waals surface area contributed by atoms with Gasteiger partial charge in [0, 0.05) is 26.2 Å². The van der Waals surface area contributed by atoms with Crippen molar-refractivity contribution in [3.63, 3.8) is 0 Å². The normalized spacial score (nSPS) is 13.8. The third-order valence-corrected chi connectivity index (χ3v) is 3.71. The summed E-state index contributed by atoms with van der Waals surface area (Å²) in [6.07, 6.45) is 16.5. The predicted octanol–water partition coefficient (Wildman–Crippen LogP) is 5.09. The fraction of sp³-hybridized carbons (Fsp3) is 0.895. The van der Waals surface area contributed by atoms with E-state index in [2.05, 4.69) is 11.8 Å². The first-order valence-corrected chi connectivity index (χ1v) is 9.00. The van der Waals surface area contributed by atoms with Crippen molar-refractivity contribution in [2.45, 2.75) is 90.4 Å². The van der Waals surface area contributed by atoms with Crippen LogP contribution in [0.15, 0.2) is 0 Å². The second-order valence-electron chi connectivity index (χ2n) is 5.76. The van der Waals surface area contributed by atoms with Crippen LogP contribution in [0.2, 0.25) is 0 Å². The highest BCUT2D eigenvalue weighted by Gasteiger charge is 1.95. The number of rotatable bonds is 10. The van der Waals surface area contributed by atoms with Crippen molar-refractivity contribution in [1.29, 1.82) is 0 Å². The van der Waals surface area contributed by atoms with Crippen LogP contribution in [0.5, 0.6) is 0 Å². The Morgan fingerprint density at radius 3 is 1.67 bits per heavy atom. The summed E-state index contributed by atoms with van der Waals surface area (Å²) in [5.74, 6) is 6.03. The Labute approximate surface area is 132 Å². The minimum atomic E-state index is 0.360. The molecule has 0 atom stereocenters. The average molecular weight is 296 g/mol. The molecule has 0 aliphatic carbocycles. The van der Waals surface area contributed by atoms with Gasteiger partial charge < -0.3 is 9.84 Å². The number of aliphatic hydroxyl groups excluding tert-OH is 1. The molecule has 1 aliphatic rings. The molecule has 21 heavy (non-hydrogen) atoms. The third-order valence-electron chi connectivity index (χ3n) is 3.71. The molecule has 2 heteroatoms. The van der Waals surface area contributed by atoms with E-state index in [1.165, 1.54) is 70.6 Å². The molecule has 0 bridgehead atoms. The molecule has 2 nitrogen and oxygen atoms in total. The van der Waals surface area contributed by atoms with Crippen LogP contribution in [-0.4, -0.2) is 24.9 Å². The van der Waals surface area contributed by atoms with Crippen LogP contribution >= 0.6 is 0 Å². The zero-order valence-corrected chi connectivity index (χ0v) is 14.2. The summed E-state index contributed by atoms with van der Waals surface area (Å²) in [5.41, 5.74) is 0. The summed E-state index contributed by atoms with van der Waals surface area (Å²) in [4.78, 5) is 0. The Balaban J connectivity index is 0.000000547. The Hall–Kier alpha value is -0.520. The summed E-state index contributed by atoms with van der Waals surface area (Å²) in [7, 11) is 0. The molecule has 0 aromatic carbocycles. The maximum atomic E-state index is 8.60. The van der Waals surface area contributed by atoms with Crippen LogP contribution in [0.3, 0.4) is 0 Å². The van der Waals surface area contributed by atoms with Gasteiger partial charge in [0.05, 0.1) is 0 Å². The van der Waals surface area contributed by atoms with Gasteiger partial charge in [-0.1, -0.05) is 44.9 Å². The lowest BCUT2D eigenvalue weighted by molar-refractivity contribution is 0.0968. The van der Waals surface area contributed by atoms with Gasteiger partial charge in [0.15, 0.2) is 0 Å². The molecule has 0 saturated carbocycles. The number of ether oxygens (including phenoxy) is 1. The molecule has 0 unspecified atom stereocenters. The smallest absolute Gasteiger partial charge is 0.0466 e. The van der Waals surface area contributed by atoms with Gasteiger partial charge in [-0.3, -0.25) is 0 Å². The molecule has 124 valence electrons. The van der Waals surface area contributed by atoms with Crippen molar-refractivity contribution in [3.05, 3.63) is 0 Å². The van der Waals surface area contributed by atoms with Crippen LogP contribution in [0, 0.1) is 11.8 Å². The first-order chi connectivity index (χ1) is 10.4. The summed E-state index contributed by atoms with van der Waals surface area (Å²) in [6, 6.07) is 0. The molecule has 0 aromatic rings. The lowest BCUT2D eigenvalue weighted by atomic mass is 10.1. The van der Waals surface area contributed by atoms with E-state index in [9.17, 15) is 0 Å². The molecule has 1 fully saturated rings. The lowest BCUT2D eigenvalue weighted by Crippen LogP contribution is -2.03. The van der Waals surface area contributed by atoms with Crippen molar-refractivity contribution in [3.8, 4) is 11.8 Å². The van der Waals surface area contributed by atoms with Crippen molar-refractivity contribution in [1.82, 2.24) is 0 Å². The van der Waals surface area contributed by atoms with E-state index in [4.69, 9.17) is 9.84 Å². The first kappa shape index (κ1) is 20.5. The Morgan fingerprint density at radius 1 is 0.762 bits per heavy atom. The quantitative estimate of drug-likeness (QED) is 0.449. The molecule has 1 heterocycles. The molecular formula is C19H36O2. The molecule has 1 rings (SSSR count). The fourth-order valence-corrected chi connectivity index (χ4v) is 2.37. The molecule has 1 aliphatic heterocycles. The largest absolute Gasteiger partial charge is 0.396 e. The highest BCUT2D eigenvalue weighted by atomic mass is 16.5. The summed E-state index contributed by atoms with van der Waals surface area (Å²) < 4.78 is 5.07. The van der Waals surface area contributed by atoms with Gasteiger partial charge >= 0.3 is 0 Å². The summed E-state index contributed by atoms with van der Waals surface area (Å²) >= 11 is 0. The highest BCUT2D eigenvalue weighted by Crippen LogP contribution is 2.10. The lowest BCUT2D eigenvalue weighted by Gasteiger charge is -2.08. The summed E-state index contributed by atoms with van der Waals surface area (Å²) in [5, 5.41) is 8.60. The van der Waals surface area contributed by atoms with E-state index in [0.29, 0.717) is 6.61 Å². The molecule has 0 amide bonds. The summed E-state index contributed by atoms with van der Waals surface area (Å²) in [6.45, 7) is 4.27. The SMILES string of the molecule is C1CCOCC1.CC#CCCCCCCCCCCCO. The van der Waals surface area contributed by atoms with Gasteiger partial charge in [0.2, 0.25) is 0 Å². The minimum absolute atomic E-state index is 0.360. The van der Waals surface area contributed by atoms with E-state index in [1.54, 1.807) is 0 Å². The molecule has 0 aromatic heterocycles. The zero-order chi connectivity index (χ0) is 15.4. The van der Waals surface area contributed by atoms with Crippen LogP contribution in [0.1, 0.15) is 90.4 Å². The Morgan fingerprint density at radius 2 is 1.29 bits per heavy atom. The van der Waals surface area contributed by atoms with Gasteiger partial charge in [-0.25, -0.2) is 0 Å². The van der Waals surface area contributed by atoms with Gasteiger partial charge in [-0.15, -0.1) is 11.8 Å². The van der Waals surface area contributed by atoms with Crippen molar-refractivity contribution in [2.24, 2.45) is 0 Å². The monoisotopic (exact) mass is 296 g/mol. The molecule has 1 N–H and O–H groups in total. The van der Waals surface area contributed by atoms with Crippen molar-refractivity contribution >= 4 is 0 Å². The van der Waals surface area contributed by atoms with Gasteiger partial charge in [0.1, 0.15) is 0 Å². The maximum Gasteiger partial charge on any atom is 0.0466 e. The highest BCUT2D eigenvalue weighted by molar-refractivity contribution is 4.94. The maximum absolute atomic E-state index is 8.60. The van der Waals surface area contributed by atoms with E-state index >= 15 is 0 Å². The standard InChI is InChI=1S/C14H26O.C5H10O/c1-2-3-4-5-6-7-8-9-10-11-12-13-14-15;1-2-4-6-5-3-1/h15H,4-14H2,1H3;1-5H2. The second-order valence-corrected chi connectivity index (χ2v) is 5.76. The van der Waals surface area contributed by atoms with Crippen molar-refractivity contribution in [2.75, 3.05) is 19.8 Å². The molecule has 1 saturated heterocycles. The van der Waals surface area contributed by atoms with E-state index in [1.807, 2.05) is 6.92 Å². The minimum Gasteiger partial charge on any atom is -0.396 e. The predicted molar refractivity (Wildman–Crippen MR) is 91.4 cm³/mol. The Kier molecular flexibility index (Phi) is 19.0.